The van der Waals surface area contributed by atoms with Crippen LogP contribution in [-0.2, 0) is 10.9 Å². The third-order valence-corrected chi connectivity index (χ3v) is 2.78. The van der Waals surface area contributed by atoms with E-state index in [9.17, 15) is 13.2 Å². The fourth-order valence-electron chi connectivity index (χ4n) is 0.891. The lowest BCUT2D eigenvalue weighted by atomic mass is 10.3. The summed E-state index contributed by atoms with van der Waals surface area (Å²) in [6, 6.07) is 2.58. The van der Waals surface area contributed by atoms with E-state index in [0.717, 1.165) is 17.4 Å². The van der Waals surface area contributed by atoms with Crippen LogP contribution in [0.25, 0.3) is 0 Å². The number of ether oxygens (including phenoxy) is 1. The minimum Gasteiger partial charge on any atom is -0.367 e. The summed E-state index contributed by atoms with van der Waals surface area (Å²) in [6.07, 6.45) is -4.29. The topological polar surface area (TPSA) is 12.5 Å². The van der Waals surface area contributed by atoms with Gasteiger partial charge < -0.3 is 4.74 Å². The van der Waals surface area contributed by atoms with Gasteiger partial charge in [0.15, 0.2) is 0 Å². The molecule has 5 heteroatoms. The summed E-state index contributed by atoms with van der Waals surface area (Å²) in [5.41, 5.74) is 0. The van der Waals surface area contributed by atoms with Gasteiger partial charge in [0, 0.05) is 4.88 Å². The second kappa shape index (κ2) is 2.47. The first-order valence-corrected chi connectivity index (χ1v) is 4.17. The van der Waals surface area contributed by atoms with Gasteiger partial charge in [-0.05, 0) is 12.1 Å². The largest absolute Gasteiger partial charge is 0.425 e. The van der Waals surface area contributed by atoms with Gasteiger partial charge in [0.05, 0.1) is 6.61 Å². The van der Waals surface area contributed by atoms with E-state index in [2.05, 4.69) is 0 Å². The Balaban J connectivity index is 2.23. The Morgan fingerprint density at radius 1 is 1.42 bits per heavy atom. The molecule has 0 amide bonds. The number of thiophene rings is 1. The highest BCUT2D eigenvalue weighted by molar-refractivity contribution is 7.12. The van der Waals surface area contributed by atoms with Crippen LogP contribution in [0.2, 0.25) is 0 Å². The molecule has 2 rings (SSSR count). The lowest BCUT2D eigenvalue weighted by molar-refractivity contribution is -0.134. The average molecular weight is 194 g/mol. The SMILES string of the molecule is FC(F)(F)c1ccc(C2CO2)s1. The van der Waals surface area contributed by atoms with Crippen LogP contribution in [0.3, 0.4) is 0 Å². The van der Waals surface area contributed by atoms with Gasteiger partial charge in [-0.3, -0.25) is 0 Å². The number of hydrogen-bond donors (Lipinski definition) is 0. The van der Waals surface area contributed by atoms with Crippen LogP contribution in [0, 0.1) is 0 Å². The first kappa shape index (κ1) is 8.07. The molecule has 1 nitrogen and oxygen atoms in total. The molecule has 1 aromatic heterocycles. The third-order valence-electron chi connectivity index (χ3n) is 1.56. The molecule has 0 radical (unpaired) electrons. The Morgan fingerprint density at radius 2 is 2.08 bits per heavy atom. The summed E-state index contributed by atoms with van der Waals surface area (Å²) in [5.74, 6) is 0. The van der Waals surface area contributed by atoms with E-state index < -0.39 is 11.1 Å². The smallest absolute Gasteiger partial charge is 0.367 e. The molecule has 66 valence electrons. The molecule has 0 N–H and O–H groups in total. The maximum Gasteiger partial charge on any atom is 0.425 e. The van der Waals surface area contributed by atoms with E-state index in [1.807, 2.05) is 0 Å². The maximum atomic E-state index is 12.1. The monoisotopic (exact) mass is 194 g/mol. The van der Waals surface area contributed by atoms with Crippen molar-refractivity contribution in [3.8, 4) is 0 Å². The number of rotatable bonds is 1. The minimum atomic E-state index is -4.21. The molecule has 1 aliphatic rings. The summed E-state index contributed by atoms with van der Waals surface area (Å²) in [5, 5.41) is 0. The molecule has 2 heterocycles. The quantitative estimate of drug-likeness (QED) is 0.626. The number of halogens is 3. The Bertz CT molecular complexity index is 287. The molecular formula is C7H5F3OS. The highest BCUT2D eigenvalue weighted by Crippen LogP contribution is 2.40. The molecular weight excluding hydrogens is 189 g/mol. The van der Waals surface area contributed by atoms with Gasteiger partial charge >= 0.3 is 6.18 Å². The van der Waals surface area contributed by atoms with Crippen molar-refractivity contribution in [3.63, 3.8) is 0 Å². The van der Waals surface area contributed by atoms with Gasteiger partial charge in [-0.25, -0.2) is 0 Å². The standard InChI is InChI=1S/C7H5F3OS/c8-7(9,10)6-2-1-5(12-6)4-3-11-4/h1-2,4H,3H2. The maximum absolute atomic E-state index is 12.1. The zero-order chi connectivity index (χ0) is 8.77. The van der Waals surface area contributed by atoms with E-state index in [0.29, 0.717) is 11.5 Å². The molecule has 1 unspecified atom stereocenters. The number of epoxide rings is 1. The Kier molecular flexibility index (Phi) is 1.66. The second-order valence-corrected chi connectivity index (χ2v) is 3.64. The molecule has 1 aliphatic heterocycles. The van der Waals surface area contributed by atoms with Crippen LogP contribution in [0.1, 0.15) is 15.9 Å². The molecule has 0 bridgehead atoms. The first-order chi connectivity index (χ1) is 5.57. The van der Waals surface area contributed by atoms with E-state index in [-0.39, 0.29) is 6.10 Å². The van der Waals surface area contributed by atoms with Crippen LogP contribution in [-0.4, -0.2) is 6.61 Å². The van der Waals surface area contributed by atoms with Crippen molar-refractivity contribution in [2.45, 2.75) is 12.3 Å². The number of alkyl halides is 3. The van der Waals surface area contributed by atoms with Crippen molar-refractivity contribution in [2.75, 3.05) is 6.61 Å². The second-order valence-electron chi connectivity index (χ2n) is 2.52. The van der Waals surface area contributed by atoms with Crippen molar-refractivity contribution >= 4 is 11.3 Å². The number of hydrogen-bond acceptors (Lipinski definition) is 2. The minimum absolute atomic E-state index is 0.0777. The van der Waals surface area contributed by atoms with E-state index in [4.69, 9.17) is 4.74 Å². The van der Waals surface area contributed by atoms with Crippen LogP contribution < -0.4 is 0 Å². The highest BCUT2D eigenvalue weighted by Gasteiger charge is 2.35. The Morgan fingerprint density at radius 3 is 2.50 bits per heavy atom. The summed E-state index contributed by atoms with van der Waals surface area (Å²) in [7, 11) is 0. The van der Waals surface area contributed by atoms with E-state index >= 15 is 0 Å². The molecule has 0 aliphatic carbocycles. The molecule has 0 aromatic carbocycles. The summed E-state index contributed by atoms with van der Waals surface area (Å²) in [4.78, 5) is 0.121. The van der Waals surface area contributed by atoms with Crippen LogP contribution in [0.5, 0.6) is 0 Å². The molecule has 1 atom stereocenters. The normalized spacial score (nSPS) is 22.8. The Labute approximate surface area is 70.8 Å². The fraction of sp³-hybridized carbons (Fsp3) is 0.429. The van der Waals surface area contributed by atoms with Crippen molar-refractivity contribution in [2.24, 2.45) is 0 Å². The predicted molar refractivity (Wildman–Crippen MR) is 38.0 cm³/mol. The molecule has 12 heavy (non-hydrogen) atoms. The van der Waals surface area contributed by atoms with Gasteiger partial charge in [-0.1, -0.05) is 0 Å². The van der Waals surface area contributed by atoms with Gasteiger partial charge in [-0.15, -0.1) is 11.3 Å². The van der Waals surface area contributed by atoms with Crippen LogP contribution >= 0.6 is 11.3 Å². The van der Waals surface area contributed by atoms with Gasteiger partial charge in [-0.2, -0.15) is 13.2 Å². The zero-order valence-electron chi connectivity index (χ0n) is 5.89. The predicted octanol–water partition coefficient (Wildman–Crippen LogP) is 2.84. The van der Waals surface area contributed by atoms with Crippen molar-refractivity contribution in [1.29, 1.82) is 0 Å². The van der Waals surface area contributed by atoms with E-state index in [1.54, 1.807) is 0 Å². The molecule has 1 aromatic rings. The van der Waals surface area contributed by atoms with Gasteiger partial charge in [0.1, 0.15) is 11.0 Å². The van der Waals surface area contributed by atoms with Crippen molar-refractivity contribution in [1.82, 2.24) is 0 Å². The van der Waals surface area contributed by atoms with Gasteiger partial charge in [0.25, 0.3) is 0 Å². The molecule has 0 saturated carbocycles. The highest BCUT2D eigenvalue weighted by atomic mass is 32.1. The third kappa shape index (κ3) is 1.47. The van der Waals surface area contributed by atoms with E-state index in [1.165, 1.54) is 6.07 Å². The average Bonchev–Trinajstić information content (AvgIpc) is 2.66. The fourth-order valence-corrected chi connectivity index (χ4v) is 1.80. The summed E-state index contributed by atoms with van der Waals surface area (Å²) >= 11 is 0.760. The lowest BCUT2D eigenvalue weighted by Gasteiger charge is -2.00. The van der Waals surface area contributed by atoms with Crippen LogP contribution in [0.15, 0.2) is 12.1 Å². The molecule has 1 fully saturated rings. The summed E-state index contributed by atoms with van der Waals surface area (Å²) in [6.45, 7) is 0.553. The first-order valence-electron chi connectivity index (χ1n) is 3.36. The Hall–Kier alpha value is -0.550. The molecule has 1 saturated heterocycles. The van der Waals surface area contributed by atoms with Crippen molar-refractivity contribution < 1.29 is 17.9 Å². The zero-order valence-corrected chi connectivity index (χ0v) is 6.71. The van der Waals surface area contributed by atoms with Crippen molar-refractivity contribution in [3.05, 3.63) is 21.9 Å². The van der Waals surface area contributed by atoms with Gasteiger partial charge in [0.2, 0.25) is 0 Å². The van der Waals surface area contributed by atoms with Crippen LogP contribution in [0.4, 0.5) is 13.2 Å². The molecule has 0 spiro atoms. The lowest BCUT2D eigenvalue weighted by Crippen LogP contribution is -2.00. The summed E-state index contributed by atoms with van der Waals surface area (Å²) < 4.78 is 41.0.